The van der Waals surface area contributed by atoms with Gasteiger partial charge < -0.3 is 9.84 Å². The molecule has 0 spiro atoms. The van der Waals surface area contributed by atoms with Crippen LogP contribution in [0.15, 0.2) is 18.2 Å². The van der Waals surface area contributed by atoms with Gasteiger partial charge in [-0.05, 0) is 62.9 Å². The predicted molar refractivity (Wildman–Crippen MR) is 82.3 cm³/mol. The van der Waals surface area contributed by atoms with E-state index in [1.165, 1.54) is 24.0 Å². The van der Waals surface area contributed by atoms with Gasteiger partial charge in [-0.15, -0.1) is 0 Å². The number of benzene rings is 1. The number of aryl methyl sites for hydroxylation is 2. The van der Waals surface area contributed by atoms with E-state index in [9.17, 15) is 5.11 Å². The molecule has 0 radical (unpaired) electrons. The molecule has 1 fully saturated rings. The quantitative estimate of drug-likeness (QED) is 0.812. The van der Waals surface area contributed by atoms with E-state index >= 15 is 0 Å². The molecule has 1 atom stereocenters. The zero-order valence-corrected chi connectivity index (χ0v) is 12.8. The van der Waals surface area contributed by atoms with Gasteiger partial charge in [0.15, 0.2) is 0 Å². The monoisotopic (exact) mass is 277 g/mol. The lowest BCUT2D eigenvalue weighted by Crippen LogP contribution is -2.42. The van der Waals surface area contributed by atoms with Crippen LogP contribution in [0.5, 0.6) is 5.75 Å². The molecule has 1 heterocycles. The number of piperidine rings is 1. The van der Waals surface area contributed by atoms with Gasteiger partial charge in [0.2, 0.25) is 0 Å². The van der Waals surface area contributed by atoms with Crippen LogP contribution in [0.4, 0.5) is 0 Å². The van der Waals surface area contributed by atoms with Crippen molar-refractivity contribution in [3.05, 3.63) is 29.3 Å². The minimum Gasteiger partial charge on any atom is -0.494 e. The second kappa shape index (κ2) is 7.65. The Morgan fingerprint density at radius 2 is 1.95 bits per heavy atom. The Bertz CT molecular complexity index is 399. The highest BCUT2D eigenvalue weighted by molar-refractivity contribution is 5.32. The number of aliphatic hydroxyl groups excluding tert-OH is 1. The van der Waals surface area contributed by atoms with Gasteiger partial charge in [0, 0.05) is 12.6 Å². The maximum Gasteiger partial charge on any atom is 0.119 e. The molecule has 3 nitrogen and oxygen atoms in total. The second-order valence-electron chi connectivity index (χ2n) is 5.89. The van der Waals surface area contributed by atoms with Gasteiger partial charge in [0.1, 0.15) is 5.75 Å². The molecule has 0 bridgehead atoms. The molecule has 1 aromatic carbocycles. The Kier molecular flexibility index (Phi) is 5.86. The van der Waals surface area contributed by atoms with Crippen LogP contribution in [0.3, 0.4) is 0 Å². The summed E-state index contributed by atoms with van der Waals surface area (Å²) in [5, 5.41) is 9.38. The van der Waals surface area contributed by atoms with E-state index in [0.717, 1.165) is 38.3 Å². The van der Waals surface area contributed by atoms with Gasteiger partial charge in [-0.25, -0.2) is 0 Å². The summed E-state index contributed by atoms with van der Waals surface area (Å²) in [6.07, 6.45) is 4.66. The average Bonchev–Trinajstić information content (AvgIpc) is 2.43. The summed E-state index contributed by atoms with van der Waals surface area (Å²) in [6.45, 7) is 7.37. The van der Waals surface area contributed by atoms with E-state index in [-0.39, 0.29) is 6.61 Å². The molecule has 1 aromatic rings. The van der Waals surface area contributed by atoms with Gasteiger partial charge in [0.05, 0.1) is 13.2 Å². The predicted octanol–water partition coefficient (Wildman–Crippen LogP) is 2.92. The van der Waals surface area contributed by atoms with Crippen molar-refractivity contribution < 1.29 is 9.84 Å². The summed E-state index contributed by atoms with van der Waals surface area (Å²) >= 11 is 0. The highest BCUT2D eigenvalue weighted by Gasteiger charge is 2.20. The van der Waals surface area contributed by atoms with E-state index in [1.54, 1.807) is 0 Å². The average molecular weight is 277 g/mol. The first kappa shape index (κ1) is 15.3. The first-order valence-corrected chi connectivity index (χ1v) is 7.75. The van der Waals surface area contributed by atoms with Crippen molar-refractivity contribution in [2.75, 3.05) is 26.3 Å². The van der Waals surface area contributed by atoms with Crippen LogP contribution in [0, 0.1) is 13.8 Å². The van der Waals surface area contributed by atoms with Gasteiger partial charge in [-0.2, -0.15) is 0 Å². The summed E-state index contributed by atoms with van der Waals surface area (Å²) < 4.78 is 5.84. The summed E-state index contributed by atoms with van der Waals surface area (Å²) in [6, 6.07) is 6.70. The van der Waals surface area contributed by atoms with Gasteiger partial charge in [0.25, 0.3) is 0 Å². The van der Waals surface area contributed by atoms with E-state index in [1.807, 2.05) is 0 Å². The van der Waals surface area contributed by atoms with Crippen molar-refractivity contribution in [1.29, 1.82) is 0 Å². The third-order valence-corrected chi connectivity index (χ3v) is 4.01. The molecule has 3 heteroatoms. The number of aliphatic hydroxyl groups is 1. The number of rotatable bonds is 6. The molecule has 1 N–H and O–H groups in total. The zero-order valence-electron chi connectivity index (χ0n) is 12.8. The lowest BCUT2D eigenvalue weighted by molar-refractivity contribution is 0.0851. The third-order valence-electron chi connectivity index (χ3n) is 4.01. The Labute approximate surface area is 122 Å². The molecule has 1 aliphatic rings. The Hall–Kier alpha value is -1.06. The van der Waals surface area contributed by atoms with Crippen molar-refractivity contribution in [3.63, 3.8) is 0 Å². The van der Waals surface area contributed by atoms with Gasteiger partial charge >= 0.3 is 0 Å². The molecular weight excluding hydrogens is 250 g/mol. The number of nitrogens with zero attached hydrogens (tertiary/aromatic N) is 1. The minimum atomic E-state index is 0.290. The molecule has 2 rings (SSSR count). The van der Waals surface area contributed by atoms with Crippen molar-refractivity contribution >= 4 is 0 Å². The number of likely N-dealkylation sites (tertiary alicyclic amines) is 1. The first-order chi connectivity index (χ1) is 9.69. The van der Waals surface area contributed by atoms with Crippen molar-refractivity contribution in [2.45, 2.75) is 45.6 Å². The largest absolute Gasteiger partial charge is 0.494 e. The molecule has 0 aliphatic carbocycles. The van der Waals surface area contributed by atoms with Crippen molar-refractivity contribution in [1.82, 2.24) is 4.90 Å². The SMILES string of the molecule is Cc1cc(C)cc(OCCCN2CCCCC2CO)c1. The van der Waals surface area contributed by atoms with Gasteiger partial charge in [-0.3, -0.25) is 4.90 Å². The maximum absolute atomic E-state index is 9.38. The van der Waals surface area contributed by atoms with E-state index in [4.69, 9.17) is 4.74 Å². The van der Waals surface area contributed by atoms with Crippen molar-refractivity contribution in [3.8, 4) is 5.75 Å². The van der Waals surface area contributed by atoms with Crippen LogP contribution in [0.2, 0.25) is 0 Å². The van der Waals surface area contributed by atoms with Crippen LogP contribution < -0.4 is 4.74 Å². The fraction of sp³-hybridized carbons (Fsp3) is 0.647. The van der Waals surface area contributed by atoms with Crippen molar-refractivity contribution in [2.24, 2.45) is 0 Å². The summed E-state index contributed by atoms with van der Waals surface area (Å²) in [4.78, 5) is 2.41. The molecule has 20 heavy (non-hydrogen) atoms. The first-order valence-electron chi connectivity index (χ1n) is 7.75. The molecule has 0 amide bonds. The zero-order chi connectivity index (χ0) is 14.4. The lowest BCUT2D eigenvalue weighted by atomic mass is 10.0. The summed E-state index contributed by atoms with van der Waals surface area (Å²) in [7, 11) is 0. The second-order valence-corrected chi connectivity index (χ2v) is 5.89. The van der Waals surface area contributed by atoms with E-state index in [0.29, 0.717) is 6.04 Å². The standard InChI is InChI=1S/C17H27NO2/c1-14-10-15(2)12-17(11-14)20-9-5-8-18-7-4-3-6-16(18)13-19/h10-12,16,19H,3-9,13H2,1-2H3. The summed E-state index contributed by atoms with van der Waals surface area (Å²) in [5.41, 5.74) is 2.49. The van der Waals surface area contributed by atoms with Crippen LogP contribution in [-0.2, 0) is 0 Å². The normalized spacial score (nSPS) is 20.1. The highest BCUT2D eigenvalue weighted by Crippen LogP contribution is 2.18. The minimum absolute atomic E-state index is 0.290. The Morgan fingerprint density at radius 3 is 2.65 bits per heavy atom. The highest BCUT2D eigenvalue weighted by atomic mass is 16.5. The fourth-order valence-electron chi connectivity index (χ4n) is 3.04. The number of hydrogen-bond donors (Lipinski definition) is 1. The lowest BCUT2D eigenvalue weighted by Gasteiger charge is -2.34. The molecule has 0 aromatic heterocycles. The van der Waals surface area contributed by atoms with Gasteiger partial charge in [-0.1, -0.05) is 12.5 Å². The number of hydrogen-bond acceptors (Lipinski definition) is 3. The molecule has 1 saturated heterocycles. The number of ether oxygens (including phenoxy) is 1. The molecule has 1 aliphatic heterocycles. The third kappa shape index (κ3) is 4.50. The van der Waals surface area contributed by atoms with E-state index < -0.39 is 0 Å². The smallest absolute Gasteiger partial charge is 0.119 e. The Morgan fingerprint density at radius 1 is 1.20 bits per heavy atom. The summed E-state index contributed by atoms with van der Waals surface area (Å²) in [5.74, 6) is 0.972. The fourth-order valence-corrected chi connectivity index (χ4v) is 3.04. The molecule has 112 valence electrons. The van der Waals surface area contributed by atoms with Crippen LogP contribution in [0.1, 0.15) is 36.8 Å². The molecule has 0 saturated carbocycles. The van der Waals surface area contributed by atoms with Crippen LogP contribution in [-0.4, -0.2) is 42.4 Å². The molecular formula is C17H27NO2. The van der Waals surface area contributed by atoms with E-state index in [2.05, 4.69) is 36.9 Å². The molecule has 1 unspecified atom stereocenters. The maximum atomic E-state index is 9.38. The topological polar surface area (TPSA) is 32.7 Å². The Balaban J connectivity index is 1.73. The van der Waals surface area contributed by atoms with Crippen LogP contribution >= 0.6 is 0 Å². The van der Waals surface area contributed by atoms with Crippen LogP contribution in [0.25, 0.3) is 0 Å².